The summed E-state index contributed by atoms with van der Waals surface area (Å²) in [6.07, 6.45) is 0. The number of ether oxygens (including phenoxy) is 1. The van der Waals surface area contributed by atoms with Crippen LogP contribution in [0.15, 0.2) is 6.07 Å². The number of nitrogens with two attached hydrogens (primary N) is 1. The Morgan fingerprint density at radius 2 is 1.75 bits per heavy atom. The summed E-state index contributed by atoms with van der Waals surface area (Å²) in [6, 6.07) is 2.20. The Balaban J connectivity index is 3.45. The summed E-state index contributed by atoms with van der Waals surface area (Å²) < 4.78 is 5.43. The van der Waals surface area contributed by atoms with Crippen molar-refractivity contribution in [2.75, 3.05) is 13.7 Å². The highest BCUT2D eigenvalue weighted by molar-refractivity contribution is 5.51. The topological polar surface area (TPSA) is 35.2 Å². The van der Waals surface area contributed by atoms with E-state index < -0.39 is 0 Å². The van der Waals surface area contributed by atoms with Gasteiger partial charge in [-0.25, -0.2) is 0 Å². The second-order valence-corrected chi connectivity index (χ2v) is 5.11. The third-order valence-corrected chi connectivity index (χ3v) is 3.47. The maximum atomic E-state index is 5.85. The van der Waals surface area contributed by atoms with E-state index in [0.29, 0.717) is 6.54 Å². The van der Waals surface area contributed by atoms with E-state index in [1.54, 1.807) is 7.11 Å². The molecule has 0 saturated heterocycles. The van der Waals surface area contributed by atoms with Gasteiger partial charge in [-0.3, -0.25) is 0 Å². The molecular weight excluding hydrogens is 198 g/mol. The Labute approximate surface area is 98.8 Å². The lowest BCUT2D eigenvalue weighted by Crippen LogP contribution is -2.29. The fourth-order valence-corrected chi connectivity index (χ4v) is 2.19. The summed E-state index contributed by atoms with van der Waals surface area (Å²) in [5, 5.41) is 0. The summed E-state index contributed by atoms with van der Waals surface area (Å²) in [7, 11) is 1.72. The van der Waals surface area contributed by atoms with Crippen LogP contribution in [0.25, 0.3) is 0 Å². The monoisotopic (exact) mass is 221 g/mol. The van der Waals surface area contributed by atoms with Crippen LogP contribution in [0.4, 0.5) is 0 Å². The van der Waals surface area contributed by atoms with E-state index in [-0.39, 0.29) is 5.41 Å². The minimum absolute atomic E-state index is 0.0197. The fourth-order valence-electron chi connectivity index (χ4n) is 2.19. The van der Waals surface area contributed by atoms with Crippen molar-refractivity contribution in [3.8, 4) is 5.75 Å². The van der Waals surface area contributed by atoms with E-state index in [2.05, 4.69) is 40.7 Å². The number of benzene rings is 1. The molecule has 2 nitrogen and oxygen atoms in total. The third kappa shape index (κ3) is 2.07. The van der Waals surface area contributed by atoms with Gasteiger partial charge < -0.3 is 10.5 Å². The molecule has 1 aromatic rings. The molecule has 0 aliphatic heterocycles. The number of hydrogen-bond acceptors (Lipinski definition) is 2. The molecule has 0 bridgehead atoms. The average molecular weight is 221 g/mol. The summed E-state index contributed by atoms with van der Waals surface area (Å²) in [5.41, 5.74) is 10.9. The normalized spacial score (nSPS) is 11.7. The van der Waals surface area contributed by atoms with E-state index in [0.717, 1.165) is 5.75 Å². The predicted molar refractivity (Wildman–Crippen MR) is 69.3 cm³/mol. The van der Waals surface area contributed by atoms with Crippen LogP contribution in [0.2, 0.25) is 0 Å². The molecule has 1 aromatic carbocycles. The molecular formula is C14H23NO. The van der Waals surface area contributed by atoms with Gasteiger partial charge in [0, 0.05) is 12.0 Å². The highest BCUT2D eigenvalue weighted by Gasteiger charge is 2.23. The van der Waals surface area contributed by atoms with Crippen LogP contribution in [0.1, 0.15) is 36.1 Å². The molecule has 0 heterocycles. The first-order valence-electron chi connectivity index (χ1n) is 5.70. The average Bonchev–Trinajstić information content (AvgIpc) is 2.24. The molecule has 0 atom stereocenters. The van der Waals surface area contributed by atoms with Crippen LogP contribution in [0.3, 0.4) is 0 Å². The first-order valence-corrected chi connectivity index (χ1v) is 5.70. The smallest absolute Gasteiger partial charge is 0.124 e. The SMILES string of the molecule is COc1c(C)cc(C(C)(C)CN)c(C)c1C. The molecule has 0 saturated carbocycles. The van der Waals surface area contributed by atoms with Crippen molar-refractivity contribution in [2.45, 2.75) is 40.0 Å². The number of methoxy groups -OCH3 is 1. The maximum absolute atomic E-state index is 5.85. The van der Waals surface area contributed by atoms with Gasteiger partial charge in [-0.2, -0.15) is 0 Å². The van der Waals surface area contributed by atoms with Crippen molar-refractivity contribution in [1.29, 1.82) is 0 Å². The lowest BCUT2D eigenvalue weighted by Gasteiger charge is -2.27. The molecule has 0 spiro atoms. The molecule has 0 radical (unpaired) electrons. The van der Waals surface area contributed by atoms with Crippen molar-refractivity contribution < 1.29 is 4.74 Å². The van der Waals surface area contributed by atoms with Gasteiger partial charge in [0.25, 0.3) is 0 Å². The lowest BCUT2D eigenvalue weighted by molar-refractivity contribution is 0.407. The summed E-state index contributed by atoms with van der Waals surface area (Å²) in [5.74, 6) is 0.995. The van der Waals surface area contributed by atoms with Crippen molar-refractivity contribution in [2.24, 2.45) is 5.73 Å². The standard InChI is InChI=1S/C14H23NO/c1-9-7-12(14(4,5)8-15)10(2)11(3)13(9)16-6/h7H,8,15H2,1-6H3. The number of hydrogen-bond donors (Lipinski definition) is 1. The van der Waals surface area contributed by atoms with E-state index in [9.17, 15) is 0 Å². The van der Waals surface area contributed by atoms with E-state index in [4.69, 9.17) is 10.5 Å². The molecule has 0 amide bonds. The van der Waals surface area contributed by atoms with Crippen LogP contribution in [0.5, 0.6) is 5.75 Å². The van der Waals surface area contributed by atoms with Crippen molar-refractivity contribution >= 4 is 0 Å². The quantitative estimate of drug-likeness (QED) is 0.851. The molecule has 0 unspecified atom stereocenters. The van der Waals surface area contributed by atoms with Gasteiger partial charge in [-0.15, -0.1) is 0 Å². The molecule has 2 heteroatoms. The largest absolute Gasteiger partial charge is 0.496 e. The zero-order valence-electron chi connectivity index (χ0n) is 11.3. The van der Waals surface area contributed by atoms with Crippen molar-refractivity contribution in [3.05, 3.63) is 28.3 Å². The molecule has 16 heavy (non-hydrogen) atoms. The third-order valence-electron chi connectivity index (χ3n) is 3.47. The highest BCUT2D eigenvalue weighted by atomic mass is 16.5. The van der Waals surface area contributed by atoms with Gasteiger partial charge >= 0.3 is 0 Å². The molecule has 0 aromatic heterocycles. The zero-order chi connectivity index (χ0) is 12.5. The molecule has 1 rings (SSSR count). The van der Waals surface area contributed by atoms with Crippen LogP contribution >= 0.6 is 0 Å². The van der Waals surface area contributed by atoms with Crippen LogP contribution in [-0.2, 0) is 5.41 Å². The molecule has 2 N–H and O–H groups in total. The van der Waals surface area contributed by atoms with Crippen molar-refractivity contribution in [1.82, 2.24) is 0 Å². The van der Waals surface area contributed by atoms with Gasteiger partial charge in [0.05, 0.1) is 7.11 Å². The second-order valence-electron chi connectivity index (χ2n) is 5.11. The number of aryl methyl sites for hydroxylation is 1. The predicted octanol–water partition coefficient (Wildman–Crippen LogP) is 2.86. The summed E-state index contributed by atoms with van der Waals surface area (Å²) in [4.78, 5) is 0. The van der Waals surface area contributed by atoms with E-state index >= 15 is 0 Å². The Hall–Kier alpha value is -1.02. The molecule has 0 fully saturated rings. The summed E-state index contributed by atoms with van der Waals surface area (Å²) in [6.45, 7) is 11.4. The fraction of sp³-hybridized carbons (Fsp3) is 0.571. The Morgan fingerprint density at radius 3 is 2.19 bits per heavy atom. The van der Waals surface area contributed by atoms with Gasteiger partial charge in [-0.05, 0) is 43.0 Å². The van der Waals surface area contributed by atoms with Crippen LogP contribution in [0, 0.1) is 20.8 Å². The second kappa shape index (κ2) is 4.46. The minimum atomic E-state index is 0.0197. The Morgan fingerprint density at radius 1 is 1.19 bits per heavy atom. The summed E-state index contributed by atoms with van der Waals surface area (Å²) >= 11 is 0. The van der Waals surface area contributed by atoms with Crippen molar-refractivity contribution in [3.63, 3.8) is 0 Å². The first kappa shape index (κ1) is 13.0. The molecule has 90 valence electrons. The van der Waals surface area contributed by atoms with Gasteiger partial charge in [0.2, 0.25) is 0 Å². The molecule has 0 aliphatic rings. The van der Waals surface area contributed by atoms with Gasteiger partial charge in [0.1, 0.15) is 5.75 Å². The van der Waals surface area contributed by atoms with E-state index in [1.807, 2.05) is 0 Å². The highest BCUT2D eigenvalue weighted by Crippen LogP contribution is 2.34. The van der Waals surface area contributed by atoms with Crippen LogP contribution < -0.4 is 10.5 Å². The van der Waals surface area contributed by atoms with Gasteiger partial charge in [-0.1, -0.05) is 19.9 Å². The lowest BCUT2D eigenvalue weighted by atomic mass is 9.80. The maximum Gasteiger partial charge on any atom is 0.124 e. The number of rotatable bonds is 3. The first-order chi connectivity index (χ1) is 7.35. The Kier molecular flexibility index (Phi) is 3.64. The van der Waals surface area contributed by atoms with E-state index in [1.165, 1.54) is 22.3 Å². The zero-order valence-corrected chi connectivity index (χ0v) is 11.3. The Bertz CT molecular complexity index is 394. The minimum Gasteiger partial charge on any atom is -0.496 e. The van der Waals surface area contributed by atoms with Crippen LogP contribution in [-0.4, -0.2) is 13.7 Å². The molecule has 0 aliphatic carbocycles. The van der Waals surface area contributed by atoms with Gasteiger partial charge in [0.15, 0.2) is 0 Å².